The van der Waals surface area contributed by atoms with Gasteiger partial charge < -0.3 is 9.84 Å². The average Bonchev–Trinajstić information content (AvgIpc) is 3.12. The van der Waals surface area contributed by atoms with Gasteiger partial charge in [0.25, 0.3) is 0 Å². The molecule has 0 aliphatic carbocycles. The zero-order valence-corrected chi connectivity index (χ0v) is 14.3. The molecule has 6 nitrogen and oxygen atoms in total. The lowest BCUT2D eigenvalue weighted by Gasteiger charge is -2.09. The number of hydrogen-bond donors (Lipinski definition) is 1. The molecule has 0 aliphatic rings. The summed E-state index contributed by atoms with van der Waals surface area (Å²) in [6.45, 7) is 0. The Morgan fingerprint density at radius 2 is 1.70 bits per heavy atom. The Balaban J connectivity index is 1.95. The predicted octanol–water partition coefficient (Wildman–Crippen LogP) is 3.91. The number of rotatable bonds is 4. The maximum Gasteiger partial charge on any atom is 0.356 e. The van der Waals surface area contributed by atoms with Gasteiger partial charge in [-0.15, -0.1) is 0 Å². The van der Waals surface area contributed by atoms with Crippen LogP contribution in [0.5, 0.6) is 5.75 Å². The van der Waals surface area contributed by atoms with Crippen molar-refractivity contribution in [2.45, 2.75) is 0 Å². The van der Waals surface area contributed by atoms with Crippen LogP contribution in [0.4, 0.5) is 4.39 Å². The van der Waals surface area contributed by atoms with Gasteiger partial charge in [-0.3, -0.25) is 0 Å². The molecule has 1 N–H and O–H groups in total. The van der Waals surface area contributed by atoms with E-state index >= 15 is 0 Å². The fourth-order valence-corrected chi connectivity index (χ4v) is 2.81. The predicted molar refractivity (Wildman–Crippen MR) is 97.3 cm³/mol. The molecule has 27 heavy (non-hydrogen) atoms. The Labute approximate surface area is 153 Å². The number of ether oxygens (including phenoxy) is 1. The molecule has 2 aromatic carbocycles. The summed E-state index contributed by atoms with van der Waals surface area (Å²) >= 11 is 0. The van der Waals surface area contributed by atoms with Crippen LogP contribution >= 0.6 is 0 Å². The molecule has 7 heteroatoms. The molecule has 4 aromatic rings. The number of carboxylic acids is 1. The second-order valence-corrected chi connectivity index (χ2v) is 5.87. The highest BCUT2D eigenvalue weighted by Crippen LogP contribution is 2.28. The maximum absolute atomic E-state index is 13.3. The van der Waals surface area contributed by atoms with Gasteiger partial charge in [0.2, 0.25) is 0 Å². The average molecular weight is 363 g/mol. The molecule has 0 aliphatic heterocycles. The minimum Gasteiger partial charge on any atom is -0.497 e. The van der Waals surface area contributed by atoms with E-state index in [0.29, 0.717) is 28.3 Å². The van der Waals surface area contributed by atoms with Crippen molar-refractivity contribution >= 4 is 11.6 Å². The number of fused-ring (bicyclic) bond motifs is 1. The summed E-state index contributed by atoms with van der Waals surface area (Å²) in [7, 11) is 1.58. The fraction of sp³-hybridized carbons (Fsp3) is 0.0500. The number of nitrogens with zero attached hydrogens (tertiary/aromatic N) is 3. The first-order chi connectivity index (χ1) is 13.0. The molecule has 0 fully saturated rings. The van der Waals surface area contributed by atoms with Crippen molar-refractivity contribution in [1.82, 2.24) is 14.6 Å². The van der Waals surface area contributed by atoms with Gasteiger partial charge in [0, 0.05) is 17.2 Å². The molecule has 0 saturated heterocycles. The van der Waals surface area contributed by atoms with Crippen molar-refractivity contribution in [2.24, 2.45) is 0 Å². The lowest BCUT2D eigenvalue weighted by molar-refractivity contribution is 0.0690. The summed E-state index contributed by atoms with van der Waals surface area (Å²) in [4.78, 5) is 15.8. The Morgan fingerprint density at radius 1 is 1.04 bits per heavy atom. The summed E-state index contributed by atoms with van der Waals surface area (Å²) in [5.41, 5.74) is 3.06. The molecule has 2 heterocycles. The first kappa shape index (κ1) is 16.7. The smallest absolute Gasteiger partial charge is 0.356 e. The first-order valence-corrected chi connectivity index (χ1v) is 8.09. The topological polar surface area (TPSA) is 76.7 Å². The highest BCUT2D eigenvalue weighted by atomic mass is 19.1. The summed E-state index contributed by atoms with van der Waals surface area (Å²) in [5.74, 6) is -0.772. The molecule has 0 atom stereocenters. The number of aromatic nitrogens is 3. The first-order valence-electron chi connectivity index (χ1n) is 8.09. The van der Waals surface area contributed by atoms with Crippen molar-refractivity contribution < 1.29 is 19.0 Å². The molecule has 4 rings (SSSR count). The number of halogens is 1. The molecular formula is C20H14FN3O3. The molecule has 0 amide bonds. The summed E-state index contributed by atoms with van der Waals surface area (Å²) in [6, 6.07) is 16.5. The lowest BCUT2D eigenvalue weighted by Crippen LogP contribution is -2.01. The SMILES string of the molecule is COc1ccc(-c2cc(-c3ccc(F)cc3)nc3cc(C(=O)O)nn23)cc1. The van der Waals surface area contributed by atoms with Gasteiger partial charge in [-0.05, 0) is 54.6 Å². The molecule has 0 spiro atoms. The molecule has 0 radical (unpaired) electrons. The highest BCUT2D eigenvalue weighted by Gasteiger charge is 2.15. The third kappa shape index (κ3) is 3.10. The van der Waals surface area contributed by atoms with Gasteiger partial charge in [0.15, 0.2) is 11.3 Å². The second kappa shape index (κ2) is 6.53. The third-order valence-corrected chi connectivity index (χ3v) is 4.17. The van der Waals surface area contributed by atoms with Gasteiger partial charge in [0.05, 0.1) is 18.5 Å². The Bertz CT molecular complexity index is 1140. The molecule has 134 valence electrons. The Hall–Kier alpha value is -3.74. The van der Waals surface area contributed by atoms with E-state index in [1.54, 1.807) is 37.4 Å². The standard InChI is InChI=1S/C20H14FN3O3/c1-27-15-8-4-13(5-9-15)18-10-16(12-2-6-14(21)7-3-12)22-19-11-17(20(25)26)23-24(18)19/h2-11H,1H3,(H,25,26). The Morgan fingerprint density at radius 3 is 2.33 bits per heavy atom. The number of benzene rings is 2. The molecule has 0 saturated carbocycles. The van der Waals surface area contributed by atoms with Crippen LogP contribution in [-0.2, 0) is 0 Å². The maximum atomic E-state index is 13.3. The minimum absolute atomic E-state index is 0.103. The van der Waals surface area contributed by atoms with Crippen molar-refractivity contribution in [2.75, 3.05) is 7.11 Å². The lowest BCUT2D eigenvalue weighted by atomic mass is 10.1. The van der Waals surface area contributed by atoms with Gasteiger partial charge in [-0.1, -0.05) is 0 Å². The number of hydrogen-bond acceptors (Lipinski definition) is 4. The summed E-state index contributed by atoms with van der Waals surface area (Å²) in [5, 5.41) is 13.4. The molecular weight excluding hydrogens is 349 g/mol. The van der Waals surface area contributed by atoms with Gasteiger partial charge >= 0.3 is 5.97 Å². The van der Waals surface area contributed by atoms with E-state index in [1.165, 1.54) is 22.7 Å². The monoisotopic (exact) mass is 363 g/mol. The number of carbonyl (C=O) groups is 1. The Kier molecular flexibility index (Phi) is 4.04. The van der Waals surface area contributed by atoms with Gasteiger partial charge in [0.1, 0.15) is 11.6 Å². The minimum atomic E-state index is -1.13. The van der Waals surface area contributed by atoms with E-state index in [0.717, 1.165) is 5.56 Å². The van der Waals surface area contributed by atoms with Crippen molar-refractivity contribution in [1.29, 1.82) is 0 Å². The number of carboxylic acid groups (broad SMARTS) is 1. The molecule has 0 bridgehead atoms. The highest BCUT2D eigenvalue weighted by molar-refractivity contribution is 5.87. The van der Waals surface area contributed by atoms with Gasteiger partial charge in [-0.25, -0.2) is 18.7 Å². The van der Waals surface area contributed by atoms with E-state index < -0.39 is 5.97 Å². The number of aromatic carboxylic acids is 1. The van der Waals surface area contributed by atoms with Crippen molar-refractivity contribution in [3.8, 4) is 28.3 Å². The van der Waals surface area contributed by atoms with E-state index in [1.807, 2.05) is 12.1 Å². The largest absolute Gasteiger partial charge is 0.497 e. The van der Waals surface area contributed by atoms with Crippen LogP contribution < -0.4 is 4.74 Å². The van der Waals surface area contributed by atoms with E-state index in [2.05, 4.69) is 10.1 Å². The van der Waals surface area contributed by atoms with Crippen LogP contribution in [0.1, 0.15) is 10.5 Å². The normalized spacial score (nSPS) is 10.9. The van der Waals surface area contributed by atoms with Crippen LogP contribution in [0.25, 0.3) is 28.2 Å². The van der Waals surface area contributed by atoms with E-state index in [-0.39, 0.29) is 11.5 Å². The molecule has 0 unspecified atom stereocenters. The van der Waals surface area contributed by atoms with Crippen molar-refractivity contribution in [3.63, 3.8) is 0 Å². The zero-order chi connectivity index (χ0) is 19.0. The summed E-state index contributed by atoms with van der Waals surface area (Å²) < 4.78 is 19.9. The summed E-state index contributed by atoms with van der Waals surface area (Å²) in [6.07, 6.45) is 0. The van der Waals surface area contributed by atoms with Crippen LogP contribution in [0.3, 0.4) is 0 Å². The van der Waals surface area contributed by atoms with Crippen LogP contribution in [0.15, 0.2) is 60.7 Å². The quantitative estimate of drug-likeness (QED) is 0.595. The zero-order valence-electron chi connectivity index (χ0n) is 14.3. The number of methoxy groups -OCH3 is 1. The van der Waals surface area contributed by atoms with E-state index in [4.69, 9.17) is 4.74 Å². The van der Waals surface area contributed by atoms with Crippen LogP contribution in [-0.4, -0.2) is 32.8 Å². The van der Waals surface area contributed by atoms with Crippen molar-refractivity contribution in [3.05, 3.63) is 72.2 Å². The van der Waals surface area contributed by atoms with Crippen LogP contribution in [0, 0.1) is 5.82 Å². The van der Waals surface area contributed by atoms with Crippen LogP contribution in [0.2, 0.25) is 0 Å². The fourth-order valence-electron chi connectivity index (χ4n) is 2.81. The van der Waals surface area contributed by atoms with Gasteiger partial charge in [-0.2, -0.15) is 5.10 Å². The third-order valence-electron chi connectivity index (χ3n) is 4.17. The molecule has 2 aromatic heterocycles. The second-order valence-electron chi connectivity index (χ2n) is 5.87. The van der Waals surface area contributed by atoms with E-state index in [9.17, 15) is 14.3 Å².